The number of rotatable bonds is 1. The number of hydrogen-bond acceptors (Lipinski definition) is 4. The largest absolute Gasteiger partial charge is 0.465 e. The average molecular weight is 446 g/mol. The number of piperidine rings is 1. The van der Waals surface area contributed by atoms with Crippen LogP contribution in [0.5, 0.6) is 0 Å². The molecule has 2 aliphatic rings. The minimum Gasteiger partial charge on any atom is -0.465 e. The number of thiazole rings is 1. The van der Waals surface area contributed by atoms with Gasteiger partial charge in [0.15, 0.2) is 4.47 Å². The molecule has 3 unspecified atom stereocenters. The zero-order valence-corrected chi connectivity index (χ0v) is 19.6. The van der Waals surface area contributed by atoms with Gasteiger partial charge in [-0.05, 0) is 45.4 Å². The Morgan fingerprint density at radius 2 is 2.00 bits per heavy atom. The van der Waals surface area contributed by atoms with E-state index in [2.05, 4.69) is 30.2 Å². The molecule has 9 heteroatoms. The molecule has 1 spiro atoms. The minimum absolute atomic E-state index is 0.156. The number of fused-ring (bicyclic) bond motifs is 1. The van der Waals surface area contributed by atoms with Crippen LogP contribution in [0.1, 0.15) is 65.0 Å². The minimum atomic E-state index is -1.42. The summed E-state index contributed by atoms with van der Waals surface area (Å²) >= 11 is 7.60. The van der Waals surface area contributed by atoms with Crippen LogP contribution in [0.15, 0.2) is 4.40 Å². The molecule has 6 nitrogen and oxygen atoms in total. The molecule has 2 heterocycles. The van der Waals surface area contributed by atoms with E-state index in [0.717, 1.165) is 22.7 Å². The fourth-order valence-corrected chi connectivity index (χ4v) is 6.09. The lowest BCUT2D eigenvalue weighted by molar-refractivity contribution is 0.0279. The number of nitrogens with zero attached hydrogens (tertiary/aromatic N) is 3. The van der Waals surface area contributed by atoms with E-state index in [1.807, 2.05) is 20.8 Å². The summed E-state index contributed by atoms with van der Waals surface area (Å²) < 4.78 is 17.5. The van der Waals surface area contributed by atoms with Crippen LogP contribution >= 0.6 is 22.9 Å². The van der Waals surface area contributed by atoms with Crippen LogP contribution < -0.4 is 0 Å². The summed E-state index contributed by atoms with van der Waals surface area (Å²) in [5, 5.41) is 9.71. The topological polar surface area (TPSA) is 82.9 Å². The Balaban J connectivity index is 2.08. The summed E-state index contributed by atoms with van der Waals surface area (Å²) in [5.74, 6) is 0. The first-order valence-electron chi connectivity index (χ1n) is 9.41. The second-order valence-corrected chi connectivity index (χ2v) is 13.4. The Kier molecular flexibility index (Phi) is 5.47. The summed E-state index contributed by atoms with van der Waals surface area (Å²) in [6, 6.07) is -0.156. The summed E-state index contributed by atoms with van der Waals surface area (Å²) in [6.45, 7) is 12.3. The monoisotopic (exact) mass is 445 g/mol. The van der Waals surface area contributed by atoms with E-state index in [1.54, 1.807) is 4.90 Å². The van der Waals surface area contributed by atoms with Gasteiger partial charge in [0.25, 0.3) is 0 Å². The van der Waals surface area contributed by atoms with Crippen LogP contribution in [0.4, 0.5) is 4.79 Å². The first-order valence-corrected chi connectivity index (χ1v) is 11.7. The average Bonchev–Trinajstić information content (AvgIpc) is 3.00. The number of likely N-dealkylation sites (tertiary alicyclic amines) is 1. The van der Waals surface area contributed by atoms with Crippen molar-refractivity contribution in [1.82, 2.24) is 9.88 Å². The molecule has 28 heavy (non-hydrogen) atoms. The van der Waals surface area contributed by atoms with Crippen LogP contribution in [0.25, 0.3) is 0 Å². The van der Waals surface area contributed by atoms with Gasteiger partial charge in [0, 0.05) is 22.9 Å². The Morgan fingerprint density at radius 1 is 1.36 bits per heavy atom. The predicted molar refractivity (Wildman–Crippen MR) is 115 cm³/mol. The van der Waals surface area contributed by atoms with E-state index in [-0.39, 0.29) is 16.9 Å². The van der Waals surface area contributed by atoms with Gasteiger partial charge in [0.2, 0.25) is 0 Å². The lowest BCUT2D eigenvalue weighted by Crippen LogP contribution is -2.56. The highest BCUT2D eigenvalue weighted by atomic mass is 35.5. The molecule has 1 aliphatic carbocycles. The number of carbonyl (C=O) groups is 1. The van der Waals surface area contributed by atoms with Crippen molar-refractivity contribution in [3.8, 4) is 0 Å². The van der Waals surface area contributed by atoms with Crippen molar-refractivity contribution in [1.29, 1.82) is 0 Å². The maximum atomic E-state index is 12.9. The molecule has 156 valence electrons. The summed E-state index contributed by atoms with van der Waals surface area (Å²) in [6.07, 6.45) is 1.13. The van der Waals surface area contributed by atoms with Crippen LogP contribution in [-0.2, 0) is 17.4 Å². The molecule has 3 rings (SSSR count). The van der Waals surface area contributed by atoms with Gasteiger partial charge in [0.05, 0.1) is 10.5 Å². The third kappa shape index (κ3) is 3.87. The van der Waals surface area contributed by atoms with Gasteiger partial charge in [-0.1, -0.05) is 32.4 Å². The Labute approximate surface area is 178 Å². The molecular weight excluding hydrogens is 418 g/mol. The van der Waals surface area contributed by atoms with Gasteiger partial charge in [-0.2, -0.15) is 4.40 Å². The van der Waals surface area contributed by atoms with E-state index < -0.39 is 21.8 Å². The standard InChI is InChI=1S/C19H28ClN3O3S2/c1-17(2,3)12-10-19(7-8-23(12)16(24)25)9-11-13(21-15(20)27-11)14(19)22-28(26)18(4,5)6/h12H,7-10H2,1-6H3,(H,24,25)/b22-14-. The maximum Gasteiger partial charge on any atom is 0.407 e. The third-order valence-corrected chi connectivity index (χ3v) is 8.19. The van der Waals surface area contributed by atoms with Gasteiger partial charge < -0.3 is 10.0 Å². The van der Waals surface area contributed by atoms with Crippen molar-refractivity contribution in [2.75, 3.05) is 6.54 Å². The molecule has 0 bridgehead atoms. The zero-order chi connectivity index (χ0) is 21.1. The molecule has 0 radical (unpaired) electrons. The van der Waals surface area contributed by atoms with E-state index in [0.29, 0.717) is 23.9 Å². The number of amides is 1. The van der Waals surface area contributed by atoms with Crippen LogP contribution in [0.3, 0.4) is 0 Å². The number of aromatic nitrogens is 1. The molecule has 1 amide bonds. The van der Waals surface area contributed by atoms with Crippen LogP contribution in [-0.4, -0.2) is 48.3 Å². The van der Waals surface area contributed by atoms with Gasteiger partial charge >= 0.3 is 6.09 Å². The predicted octanol–water partition coefficient (Wildman–Crippen LogP) is 4.78. The van der Waals surface area contributed by atoms with Gasteiger partial charge in [-0.15, -0.1) is 11.3 Å². The molecule has 1 aromatic rings. The first-order chi connectivity index (χ1) is 12.7. The van der Waals surface area contributed by atoms with E-state index in [1.165, 1.54) is 11.3 Å². The van der Waals surface area contributed by atoms with Crippen molar-refractivity contribution < 1.29 is 14.1 Å². The lowest BCUT2D eigenvalue weighted by Gasteiger charge is -2.49. The second kappa shape index (κ2) is 7.06. The van der Waals surface area contributed by atoms with E-state index in [4.69, 9.17) is 11.6 Å². The highest BCUT2D eigenvalue weighted by Gasteiger charge is 2.53. The molecular formula is C19H28ClN3O3S2. The fraction of sp³-hybridized carbons (Fsp3) is 0.737. The van der Waals surface area contributed by atoms with Crippen molar-refractivity contribution >= 4 is 45.7 Å². The highest BCUT2D eigenvalue weighted by Crippen LogP contribution is 2.51. The number of halogens is 1. The Bertz CT molecular complexity index is 854. The number of carboxylic acid groups (broad SMARTS) is 1. The van der Waals surface area contributed by atoms with E-state index in [9.17, 15) is 14.1 Å². The molecule has 1 saturated heterocycles. The number of hydrogen-bond donors (Lipinski definition) is 1. The Morgan fingerprint density at radius 3 is 2.54 bits per heavy atom. The zero-order valence-electron chi connectivity index (χ0n) is 17.2. The molecule has 1 aliphatic heterocycles. The highest BCUT2D eigenvalue weighted by molar-refractivity contribution is 7.85. The quantitative estimate of drug-likeness (QED) is 0.674. The summed E-state index contributed by atoms with van der Waals surface area (Å²) in [4.78, 5) is 18.9. The summed E-state index contributed by atoms with van der Waals surface area (Å²) in [5.41, 5.74) is 0.937. The maximum absolute atomic E-state index is 12.9. The summed E-state index contributed by atoms with van der Waals surface area (Å²) in [7, 11) is -1.42. The SMILES string of the molecule is CC(C)(C)C1CC2(CCN1C(=O)O)Cc1sc(Cl)nc1/C2=N/S(=O)C(C)(C)C. The molecule has 3 atom stereocenters. The smallest absolute Gasteiger partial charge is 0.407 e. The van der Waals surface area contributed by atoms with Crippen molar-refractivity contribution in [3.05, 3.63) is 15.0 Å². The van der Waals surface area contributed by atoms with Crippen LogP contribution in [0, 0.1) is 10.8 Å². The van der Waals surface area contributed by atoms with Gasteiger partial charge in [0.1, 0.15) is 16.7 Å². The first kappa shape index (κ1) is 21.7. The van der Waals surface area contributed by atoms with Gasteiger partial charge in [-0.3, -0.25) is 0 Å². The lowest BCUT2D eigenvalue weighted by atomic mass is 9.67. The fourth-order valence-electron chi connectivity index (χ4n) is 4.08. The molecule has 1 fully saturated rings. The third-order valence-electron chi connectivity index (χ3n) is 5.63. The van der Waals surface area contributed by atoms with Crippen LogP contribution in [0.2, 0.25) is 4.47 Å². The van der Waals surface area contributed by atoms with Crippen molar-refractivity contribution in [3.63, 3.8) is 0 Å². The molecule has 1 N–H and O–H groups in total. The van der Waals surface area contributed by atoms with Gasteiger partial charge in [-0.25, -0.2) is 14.0 Å². The van der Waals surface area contributed by atoms with Crippen molar-refractivity contribution in [2.45, 2.75) is 71.6 Å². The molecule has 1 aromatic heterocycles. The van der Waals surface area contributed by atoms with Crippen molar-refractivity contribution in [2.24, 2.45) is 15.2 Å². The second-order valence-electron chi connectivity index (χ2n) is 9.81. The molecule has 0 saturated carbocycles. The normalized spacial score (nSPS) is 28.0. The van der Waals surface area contributed by atoms with E-state index >= 15 is 0 Å². The molecule has 0 aromatic carbocycles. The Hall–Kier alpha value is -0.990.